The van der Waals surface area contributed by atoms with Crippen molar-refractivity contribution in [2.75, 3.05) is 32.7 Å². The molecule has 4 heteroatoms. The number of ketones is 1. The molecule has 1 fully saturated rings. The molecule has 25 heavy (non-hydrogen) atoms. The number of β-amino-alcohol motifs (C(OH)–C–C–N with tert-alkyl or cyclic N) is 1. The van der Waals surface area contributed by atoms with Crippen molar-refractivity contribution in [3.63, 3.8) is 0 Å². The smallest absolute Gasteiger partial charge is 0.179 e. The first-order chi connectivity index (χ1) is 12.1. The highest BCUT2D eigenvalue weighted by Gasteiger charge is 2.27. The van der Waals surface area contributed by atoms with E-state index >= 15 is 0 Å². The summed E-state index contributed by atoms with van der Waals surface area (Å²) < 4.78 is 0. The molecule has 2 atom stereocenters. The van der Waals surface area contributed by atoms with Crippen molar-refractivity contribution in [3.05, 3.63) is 71.8 Å². The number of carbonyl (C=O) groups is 1. The molecule has 4 nitrogen and oxygen atoms in total. The Morgan fingerprint density at radius 3 is 2.12 bits per heavy atom. The summed E-state index contributed by atoms with van der Waals surface area (Å²) in [4.78, 5) is 17.1. The van der Waals surface area contributed by atoms with Gasteiger partial charge in [-0.25, -0.2) is 0 Å². The van der Waals surface area contributed by atoms with Crippen LogP contribution in [0.3, 0.4) is 0 Å². The fourth-order valence-corrected chi connectivity index (χ4v) is 3.37. The van der Waals surface area contributed by atoms with Gasteiger partial charge in [-0.3, -0.25) is 14.6 Å². The maximum atomic E-state index is 12.6. The van der Waals surface area contributed by atoms with Crippen LogP contribution < -0.4 is 0 Å². The van der Waals surface area contributed by atoms with Crippen molar-refractivity contribution in [1.82, 2.24) is 9.80 Å². The lowest BCUT2D eigenvalue weighted by Crippen LogP contribution is -2.52. The molecule has 1 N–H and O–H groups in total. The van der Waals surface area contributed by atoms with Gasteiger partial charge in [0.05, 0.1) is 12.1 Å². The van der Waals surface area contributed by atoms with Gasteiger partial charge in [-0.05, 0) is 12.5 Å². The molecule has 0 spiro atoms. The summed E-state index contributed by atoms with van der Waals surface area (Å²) in [5.74, 6) is 0.179. The zero-order valence-corrected chi connectivity index (χ0v) is 14.7. The number of benzene rings is 2. The molecule has 132 valence electrons. The Labute approximate surface area is 149 Å². The van der Waals surface area contributed by atoms with E-state index in [0.29, 0.717) is 6.54 Å². The van der Waals surface area contributed by atoms with Gasteiger partial charge in [-0.1, -0.05) is 60.7 Å². The molecular weight excluding hydrogens is 312 g/mol. The molecule has 3 rings (SSSR count). The number of piperazine rings is 1. The van der Waals surface area contributed by atoms with Crippen molar-refractivity contribution in [3.8, 4) is 0 Å². The van der Waals surface area contributed by atoms with E-state index in [0.717, 1.165) is 37.3 Å². The minimum Gasteiger partial charge on any atom is -0.387 e. The number of aliphatic hydroxyl groups excluding tert-OH is 1. The summed E-state index contributed by atoms with van der Waals surface area (Å²) in [5.41, 5.74) is 1.73. The SMILES string of the molecule is CC(C(=O)c1ccccc1)N1CCN(CC(O)c2ccccc2)CC1. The van der Waals surface area contributed by atoms with E-state index < -0.39 is 6.10 Å². The third kappa shape index (κ3) is 4.54. The van der Waals surface area contributed by atoms with Crippen molar-refractivity contribution in [2.24, 2.45) is 0 Å². The van der Waals surface area contributed by atoms with E-state index in [2.05, 4.69) is 9.80 Å². The molecule has 0 bridgehead atoms. The predicted octanol–water partition coefficient (Wildman–Crippen LogP) is 2.61. The summed E-state index contributed by atoms with van der Waals surface area (Å²) >= 11 is 0. The van der Waals surface area contributed by atoms with Gasteiger partial charge in [0.25, 0.3) is 0 Å². The largest absolute Gasteiger partial charge is 0.387 e. The van der Waals surface area contributed by atoms with Gasteiger partial charge >= 0.3 is 0 Å². The second-order valence-electron chi connectivity index (χ2n) is 6.67. The van der Waals surface area contributed by atoms with Gasteiger partial charge in [0.15, 0.2) is 5.78 Å². The van der Waals surface area contributed by atoms with Crippen LogP contribution in [-0.4, -0.2) is 59.5 Å². The number of hydrogen-bond donors (Lipinski definition) is 1. The van der Waals surface area contributed by atoms with Crippen molar-refractivity contribution >= 4 is 5.78 Å². The Kier molecular flexibility index (Phi) is 5.97. The van der Waals surface area contributed by atoms with Crippen LogP contribution in [0.1, 0.15) is 28.9 Å². The maximum Gasteiger partial charge on any atom is 0.179 e. The summed E-state index contributed by atoms with van der Waals surface area (Å²) in [5, 5.41) is 10.4. The Balaban J connectivity index is 1.51. The highest BCUT2D eigenvalue weighted by molar-refractivity contribution is 5.99. The third-order valence-electron chi connectivity index (χ3n) is 5.01. The van der Waals surface area contributed by atoms with Crippen LogP contribution in [0.15, 0.2) is 60.7 Å². The van der Waals surface area contributed by atoms with Crippen LogP contribution in [0.25, 0.3) is 0 Å². The van der Waals surface area contributed by atoms with Crippen LogP contribution >= 0.6 is 0 Å². The van der Waals surface area contributed by atoms with Gasteiger partial charge < -0.3 is 5.11 Å². The molecule has 2 unspecified atom stereocenters. The molecule has 1 heterocycles. The molecule has 0 saturated carbocycles. The minimum atomic E-state index is -0.462. The van der Waals surface area contributed by atoms with Gasteiger partial charge in [0.2, 0.25) is 0 Å². The molecule has 2 aromatic rings. The molecule has 1 aliphatic rings. The first-order valence-electron chi connectivity index (χ1n) is 8.94. The first-order valence-corrected chi connectivity index (χ1v) is 8.94. The van der Waals surface area contributed by atoms with Crippen LogP contribution in [-0.2, 0) is 0 Å². The Morgan fingerprint density at radius 2 is 1.52 bits per heavy atom. The summed E-state index contributed by atoms with van der Waals surface area (Å²) in [6.45, 7) is 6.07. The standard InChI is InChI=1S/C21H26N2O2/c1-17(21(25)19-10-6-3-7-11-19)23-14-12-22(13-15-23)16-20(24)18-8-4-2-5-9-18/h2-11,17,20,24H,12-16H2,1H3. The average Bonchev–Trinajstić information content (AvgIpc) is 2.69. The topological polar surface area (TPSA) is 43.8 Å². The molecule has 0 radical (unpaired) electrons. The van der Waals surface area contributed by atoms with Gasteiger partial charge in [-0.2, -0.15) is 0 Å². The third-order valence-corrected chi connectivity index (χ3v) is 5.01. The highest BCUT2D eigenvalue weighted by atomic mass is 16.3. The molecule has 2 aromatic carbocycles. The minimum absolute atomic E-state index is 0.108. The number of hydrogen-bond acceptors (Lipinski definition) is 4. The highest BCUT2D eigenvalue weighted by Crippen LogP contribution is 2.16. The number of aliphatic hydroxyl groups is 1. The molecule has 0 aliphatic carbocycles. The average molecular weight is 338 g/mol. The monoisotopic (exact) mass is 338 g/mol. The van der Waals surface area contributed by atoms with Gasteiger partial charge in [0, 0.05) is 38.3 Å². The number of Topliss-reactive ketones (excluding diaryl/α,β-unsaturated/α-hetero) is 1. The number of nitrogens with zero attached hydrogens (tertiary/aromatic N) is 2. The number of rotatable bonds is 6. The lowest BCUT2D eigenvalue weighted by atomic mass is 10.0. The van der Waals surface area contributed by atoms with E-state index in [4.69, 9.17) is 0 Å². The van der Waals surface area contributed by atoms with Crippen molar-refractivity contribution in [2.45, 2.75) is 19.1 Å². The number of carbonyl (C=O) groups excluding carboxylic acids is 1. The van der Waals surface area contributed by atoms with Gasteiger partial charge in [0.1, 0.15) is 0 Å². The maximum absolute atomic E-state index is 12.6. The second-order valence-corrected chi connectivity index (χ2v) is 6.67. The summed E-state index contributed by atoms with van der Waals surface area (Å²) in [7, 11) is 0. The fraction of sp³-hybridized carbons (Fsp3) is 0.381. The van der Waals surface area contributed by atoms with E-state index in [1.807, 2.05) is 67.6 Å². The summed E-state index contributed by atoms with van der Waals surface area (Å²) in [6, 6.07) is 19.2. The van der Waals surface area contributed by atoms with Crippen LogP contribution in [0.5, 0.6) is 0 Å². The lowest BCUT2D eigenvalue weighted by Gasteiger charge is -2.38. The van der Waals surface area contributed by atoms with Crippen LogP contribution in [0, 0.1) is 0 Å². The van der Waals surface area contributed by atoms with Crippen molar-refractivity contribution < 1.29 is 9.90 Å². The molecule has 1 saturated heterocycles. The fourth-order valence-electron chi connectivity index (χ4n) is 3.37. The Bertz CT molecular complexity index is 667. The predicted molar refractivity (Wildman–Crippen MR) is 99.6 cm³/mol. The van der Waals surface area contributed by atoms with E-state index in [1.54, 1.807) is 0 Å². The molecule has 0 amide bonds. The van der Waals surface area contributed by atoms with E-state index in [1.165, 1.54) is 0 Å². The first kappa shape index (κ1) is 17.8. The molecule has 0 aromatic heterocycles. The zero-order valence-electron chi connectivity index (χ0n) is 14.7. The van der Waals surface area contributed by atoms with E-state index in [-0.39, 0.29) is 11.8 Å². The van der Waals surface area contributed by atoms with E-state index in [9.17, 15) is 9.90 Å². The molecule has 1 aliphatic heterocycles. The second kappa shape index (κ2) is 8.39. The summed E-state index contributed by atoms with van der Waals surface area (Å²) in [6.07, 6.45) is -0.462. The zero-order chi connectivity index (χ0) is 17.6. The quantitative estimate of drug-likeness (QED) is 0.823. The van der Waals surface area contributed by atoms with Gasteiger partial charge in [-0.15, -0.1) is 0 Å². The van der Waals surface area contributed by atoms with Crippen LogP contribution in [0.2, 0.25) is 0 Å². The lowest BCUT2D eigenvalue weighted by molar-refractivity contribution is 0.0523. The Hall–Kier alpha value is -2.01. The van der Waals surface area contributed by atoms with Crippen LogP contribution in [0.4, 0.5) is 0 Å². The van der Waals surface area contributed by atoms with Crippen molar-refractivity contribution in [1.29, 1.82) is 0 Å². The Morgan fingerprint density at radius 1 is 0.960 bits per heavy atom. The normalized spacial score (nSPS) is 18.6. The molecular formula is C21H26N2O2.